The number of esters is 5. The molecular formula is C46H76B2O10. The van der Waals surface area contributed by atoms with Crippen molar-refractivity contribution < 1.29 is 47.7 Å². The molecule has 1 saturated carbocycles. The third kappa shape index (κ3) is 13.1. The predicted octanol–water partition coefficient (Wildman–Crippen LogP) is 9.53. The Morgan fingerprint density at radius 1 is 0.690 bits per heavy atom. The number of unbranched alkanes of at least 4 members (excludes halogenated alkanes) is 2. The van der Waals surface area contributed by atoms with E-state index in [2.05, 4.69) is 0 Å². The molecule has 326 valence electrons. The summed E-state index contributed by atoms with van der Waals surface area (Å²) in [6, 6.07) is 4.29. The number of hydrogen-bond acceptors (Lipinski definition) is 10. The van der Waals surface area contributed by atoms with E-state index in [0.29, 0.717) is 26.1 Å². The zero-order valence-corrected chi connectivity index (χ0v) is 39.0. The summed E-state index contributed by atoms with van der Waals surface area (Å²) in [6.07, 6.45) is 6.38. The summed E-state index contributed by atoms with van der Waals surface area (Å²) in [5.41, 5.74) is -3.65. The molecular weight excluding hydrogens is 734 g/mol. The Hall–Kier alpha value is -3.30. The number of benzene rings is 1. The summed E-state index contributed by atoms with van der Waals surface area (Å²) in [4.78, 5) is 68.6. The van der Waals surface area contributed by atoms with Gasteiger partial charge in [-0.25, -0.2) is 4.79 Å². The van der Waals surface area contributed by atoms with E-state index in [1.165, 1.54) is 18.2 Å². The maximum Gasteiger partial charge on any atom is 0.338 e. The summed E-state index contributed by atoms with van der Waals surface area (Å²) in [6.45, 7) is 29.8. The van der Waals surface area contributed by atoms with Gasteiger partial charge in [0, 0.05) is 6.07 Å². The van der Waals surface area contributed by atoms with Gasteiger partial charge in [-0.05, 0) is 101 Å². The Morgan fingerprint density at radius 3 is 1.47 bits per heavy atom. The van der Waals surface area contributed by atoms with E-state index < -0.39 is 56.7 Å². The van der Waals surface area contributed by atoms with Gasteiger partial charge in [0.05, 0.1) is 41.4 Å². The van der Waals surface area contributed by atoms with Crippen LogP contribution < -0.4 is 9.47 Å². The van der Waals surface area contributed by atoms with Crippen molar-refractivity contribution in [2.75, 3.05) is 13.2 Å². The van der Waals surface area contributed by atoms with Crippen LogP contribution in [0.2, 0.25) is 17.5 Å². The fraction of sp³-hybridized carbons (Fsp3) is 0.761. The van der Waals surface area contributed by atoms with Gasteiger partial charge in [-0.3, -0.25) is 19.2 Å². The van der Waals surface area contributed by atoms with E-state index in [1.807, 2.05) is 83.9 Å². The molecule has 2 unspecified atom stereocenters. The first-order valence-corrected chi connectivity index (χ1v) is 21.7. The van der Waals surface area contributed by atoms with E-state index in [4.69, 9.17) is 23.7 Å². The quantitative estimate of drug-likeness (QED) is 0.0346. The molecule has 0 spiro atoms. The number of ether oxygens (including phenoxy) is 5. The van der Waals surface area contributed by atoms with Crippen LogP contribution in [-0.2, 0) is 33.4 Å². The molecule has 12 heteroatoms. The van der Waals surface area contributed by atoms with Crippen molar-refractivity contribution in [3.05, 3.63) is 23.8 Å². The minimum Gasteiger partial charge on any atom is -0.465 e. The van der Waals surface area contributed by atoms with Gasteiger partial charge in [-0.2, -0.15) is 0 Å². The van der Waals surface area contributed by atoms with Crippen LogP contribution in [0.5, 0.6) is 11.5 Å². The lowest BCUT2D eigenvalue weighted by atomic mass is 9.47. The highest BCUT2D eigenvalue weighted by molar-refractivity contribution is 6.38. The summed E-state index contributed by atoms with van der Waals surface area (Å²) in [5.74, 6) is -3.24. The topological polar surface area (TPSA) is 132 Å². The second kappa shape index (κ2) is 20.3. The molecule has 1 aromatic rings. The van der Waals surface area contributed by atoms with E-state index >= 15 is 0 Å². The average Bonchev–Trinajstić information content (AvgIpc) is 3.10. The van der Waals surface area contributed by atoms with Crippen molar-refractivity contribution >= 4 is 45.0 Å². The van der Waals surface area contributed by atoms with Crippen LogP contribution in [-0.4, -0.2) is 64.3 Å². The zero-order valence-electron chi connectivity index (χ0n) is 39.0. The van der Waals surface area contributed by atoms with Gasteiger partial charge in [0.25, 0.3) is 0 Å². The first kappa shape index (κ1) is 50.8. The normalized spacial score (nSPS) is 15.4. The van der Waals surface area contributed by atoms with Gasteiger partial charge in [0.2, 0.25) is 0 Å². The Balaban J connectivity index is 2.47. The Morgan fingerprint density at radius 2 is 1.10 bits per heavy atom. The van der Waals surface area contributed by atoms with E-state index in [-0.39, 0.29) is 40.4 Å². The van der Waals surface area contributed by atoms with Crippen LogP contribution in [0.3, 0.4) is 0 Å². The minimum absolute atomic E-state index is 0.0164. The Kier molecular flexibility index (Phi) is 17.8. The molecule has 0 saturated heterocycles. The van der Waals surface area contributed by atoms with Gasteiger partial charge in [-0.15, -0.1) is 0 Å². The third-order valence-electron chi connectivity index (χ3n) is 13.6. The predicted molar refractivity (Wildman–Crippen MR) is 233 cm³/mol. The first-order chi connectivity index (χ1) is 26.6. The van der Waals surface area contributed by atoms with Crippen molar-refractivity contribution in [1.29, 1.82) is 0 Å². The molecule has 0 aromatic heterocycles. The molecule has 1 aromatic carbocycles. The van der Waals surface area contributed by atoms with E-state index in [9.17, 15) is 24.0 Å². The molecule has 0 radical (unpaired) electrons. The highest BCUT2D eigenvalue weighted by atomic mass is 16.6. The largest absolute Gasteiger partial charge is 0.465 e. The molecule has 0 amide bonds. The van der Waals surface area contributed by atoms with Gasteiger partial charge < -0.3 is 23.7 Å². The minimum atomic E-state index is -1.12. The highest BCUT2D eigenvalue weighted by Gasteiger charge is 2.51. The van der Waals surface area contributed by atoms with Crippen molar-refractivity contribution in [3.63, 3.8) is 0 Å². The summed E-state index contributed by atoms with van der Waals surface area (Å²) in [5, 5.41) is -0.815. The van der Waals surface area contributed by atoms with Crippen LogP contribution in [0, 0.1) is 33.5 Å². The molecule has 0 aliphatic heterocycles. The molecule has 1 fully saturated rings. The SMILES string of the molecule is BC(C)(C)C(CC(C)(C)C(C)(C)C(=O)Oc1cc(OC(=O)C(C)(C)C(C)(C)CC(C(=O)OCCCC)C(C)(C)BC)cc(C(=O)OC2CCC2)c1)C(=O)OCCCC. The molecule has 0 heterocycles. The smallest absolute Gasteiger partial charge is 0.338 e. The maximum atomic E-state index is 14.2. The number of hydrogen-bond donors (Lipinski definition) is 0. The molecule has 10 nitrogen and oxygen atoms in total. The summed E-state index contributed by atoms with van der Waals surface area (Å²) in [7, 11) is 2.73. The van der Waals surface area contributed by atoms with Crippen LogP contribution >= 0.6 is 0 Å². The molecule has 2 rings (SSSR count). The van der Waals surface area contributed by atoms with Gasteiger partial charge in [-0.1, -0.05) is 94.2 Å². The Labute approximate surface area is 352 Å². The zero-order chi connectivity index (χ0) is 44.5. The lowest BCUT2D eigenvalue weighted by Gasteiger charge is -2.44. The van der Waals surface area contributed by atoms with Crippen molar-refractivity contribution in [2.24, 2.45) is 33.5 Å². The first-order valence-electron chi connectivity index (χ1n) is 21.7. The van der Waals surface area contributed by atoms with Crippen LogP contribution in [0.4, 0.5) is 0 Å². The van der Waals surface area contributed by atoms with Crippen LogP contribution in [0.1, 0.15) is 165 Å². The van der Waals surface area contributed by atoms with Gasteiger partial charge >= 0.3 is 29.8 Å². The summed E-state index contributed by atoms with van der Waals surface area (Å²) >= 11 is 0. The number of carbonyl (C=O) groups is 5. The molecule has 0 N–H and O–H groups in total. The molecule has 0 bridgehead atoms. The van der Waals surface area contributed by atoms with Crippen molar-refractivity contribution in [1.82, 2.24) is 0 Å². The second-order valence-electron chi connectivity index (χ2n) is 20.7. The molecule has 58 heavy (non-hydrogen) atoms. The maximum absolute atomic E-state index is 14.2. The highest BCUT2D eigenvalue weighted by Crippen LogP contribution is 2.51. The van der Waals surface area contributed by atoms with Crippen molar-refractivity contribution in [3.8, 4) is 11.5 Å². The van der Waals surface area contributed by atoms with Crippen LogP contribution in [0.25, 0.3) is 0 Å². The number of rotatable bonds is 23. The Bertz CT molecular complexity index is 1580. The second-order valence-corrected chi connectivity index (χ2v) is 20.7. The lowest BCUT2D eigenvalue weighted by Crippen LogP contribution is -2.46. The van der Waals surface area contributed by atoms with Gasteiger partial charge in [0.1, 0.15) is 32.7 Å². The van der Waals surface area contributed by atoms with E-state index in [1.54, 1.807) is 27.7 Å². The molecule has 1 aliphatic carbocycles. The molecule has 1 aliphatic rings. The molecule has 2 atom stereocenters. The lowest BCUT2D eigenvalue weighted by molar-refractivity contribution is -0.158. The van der Waals surface area contributed by atoms with Crippen LogP contribution in [0.15, 0.2) is 18.2 Å². The standard InChI is InChI=1S/C46H76B2O10/c1-16-18-23-54-37(50)34(45(11,12)47)28-41(3,4)43(7,8)39(52)57-32-25-30(36(49)56-31-21-20-22-31)26-33(27-32)58-40(53)44(9,10)42(5,6)29-35(46(13,14)48-15)38(51)55-24-19-17-2/h25-27,31,34-35,48H,16-24,28-29,47H2,1-15H3. The fourth-order valence-corrected chi connectivity index (χ4v) is 6.57. The van der Waals surface area contributed by atoms with Crippen molar-refractivity contribution in [2.45, 2.75) is 178 Å². The monoisotopic (exact) mass is 811 g/mol. The van der Waals surface area contributed by atoms with Gasteiger partial charge in [0.15, 0.2) is 0 Å². The third-order valence-corrected chi connectivity index (χ3v) is 13.6. The summed E-state index contributed by atoms with van der Waals surface area (Å²) < 4.78 is 29.2. The fourth-order valence-electron chi connectivity index (χ4n) is 6.57. The number of carbonyl (C=O) groups excluding carboxylic acids is 5. The average molecular weight is 811 g/mol. The van der Waals surface area contributed by atoms with E-state index in [0.717, 1.165) is 52.2 Å².